The Bertz CT molecular complexity index is 2350. The minimum Gasteiger partial charge on any atom is -0.453 e. The third-order valence-electron chi connectivity index (χ3n) is 9.41. The lowest BCUT2D eigenvalue weighted by Crippen LogP contribution is -2.18. The van der Waals surface area contributed by atoms with Crippen molar-refractivity contribution < 1.29 is 4.74 Å². The number of aromatic nitrogens is 2. The van der Waals surface area contributed by atoms with E-state index in [0.717, 1.165) is 73.7 Å². The molecular weight excluding hydrogens is 657 g/mol. The Balaban J connectivity index is 1.26. The number of benzene rings is 7. The van der Waals surface area contributed by atoms with Crippen LogP contribution in [0.25, 0.3) is 33.9 Å². The number of nitrogens with zero attached hydrogens (tertiary/aromatic N) is 4. The minimum atomic E-state index is 0.677. The van der Waals surface area contributed by atoms with E-state index < -0.39 is 0 Å². The minimum absolute atomic E-state index is 0.677. The third-order valence-corrected chi connectivity index (χ3v) is 10.5. The summed E-state index contributed by atoms with van der Waals surface area (Å²) in [5, 5.41) is 0. The fraction of sp³-hybridized carbons (Fsp3) is 0. The number of rotatable bonds is 5. The van der Waals surface area contributed by atoms with Crippen LogP contribution in [0.5, 0.6) is 11.5 Å². The first-order chi connectivity index (χ1) is 25.8. The van der Waals surface area contributed by atoms with Gasteiger partial charge in [0.25, 0.3) is 0 Å². The second-order valence-electron chi connectivity index (χ2n) is 12.7. The summed E-state index contributed by atoms with van der Waals surface area (Å²) in [5.41, 5.74) is 10.9. The van der Waals surface area contributed by atoms with Crippen molar-refractivity contribution in [3.8, 4) is 45.4 Å². The van der Waals surface area contributed by atoms with Gasteiger partial charge in [-0.2, -0.15) is 0 Å². The Kier molecular flexibility index (Phi) is 7.32. The average Bonchev–Trinajstić information content (AvgIpc) is 3.22. The smallest absolute Gasteiger partial charge is 0.160 e. The van der Waals surface area contributed by atoms with Crippen molar-refractivity contribution in [1.82, 2.24) is 9.97 Å². The van der Waals surface area contributed by atoms with Gasteiger partial charge in [-0.15, -0.1) is 0 Å². The molecule has 0 atom stereocenters. The first-order valence-electron chi connectivity index (χ1n) is 17.2. The van der Waals surface area contributed by atoms with Crippen molar-refractivity contribution in [3.05, 3.63) is 182 Å². The molecule has 52 heavy (non-hydrogen) atoms. The topological polar surface area (TPSA) is 41.5 Å². The quantitative estimate of drug-likeness (QED) is 0.179. The molecule has 0 aliphatic carbocycles. The van der Waals surface area contributed by atoms with E-state index >= 15 is 0 Å². The van der Waals surface area contributed by atoms with Gasteiger partial charge in [0.15, 0.2) is 17.3 Å². The van der Waals surface area contributed by atoms with E-state index in [1.165, 1.54) is 9.79 Å². The predicted octanol–water partition coefficient (Wildman–Crippen LogP) is 13.0. The number of para-hydroxylation sites is 6. The largest absolute Gasteiger partial charge is 0.453 e. The van der Waals surface area contributed by atoms with Crippen LogP contribution < -0.4 is 14.5 Å². The molecule has 10 rings (SSSR count). The van der Waals surface area contributed by atoms with E-state index in [0.29, 0.717) is 5.82 Å². The summed E-state index contributed by atoms with van der Waals surface area (Å²) >= 11 is 1.81. The van der Waals surface area contributed by atoms with E-state index in [2.05, 4.69) is 143 Å². The summed E-state index contributed by atoms with van der Waals surface area (Å²) in [7, 11) is 0. The van der Waals surface area contributed by atoms with Crippen LogP contribution in [0.4, 0.5) is 34.1 Å². The first kappa shape index (κ1) is 30.2. The Labute approximate surface area is 306 Å². The monoisotopic (exact) mass is 686 g/mol. The zero-order valence-corrected chi connectivity index (χ0v) is 28.7. The van der Waals surface area contributed by atoms with Crippen molar-refractivity contribution in [3.63, 3.8) is 0 Å². The van der Waals surface area contributed by atoms with Crippen LogP contribution in [0.15, 0.2) is 192 Å². The molecule has 6 heteroatoms. The molecule has 246 valence electrons. The molecule has 0 spiro atoms. The molecule has 0 bridgehead atoms. The highest BCUT2D eigenvalue weighted by Crippen LogP contribution is 2.54. The van der Waals surface area contributed by atoms with Gasteiger partial charge in [-0.05, 0) is 72.8 Å². The normalized spacial score (nSPS) is 12.6. The van der Waals surface area contributed by atoms with E-state index in [1.54, 1.807) is 11.8 Å². The van der Waals surface area contributed by atoms with Gasteiger partial charge in [0.05, 0.1) is 34.1 Å². The molecule has 0 radical (unpaired) electrons. The highest BCUT2D eigenvalue weighted by molar-refractivity contribution is 7.99. The molecule has 8 aromatic rings. The molecule has 7 aromatic carbocycles. The average molecular weight is 687 g/mol. The summed E-state index contributed by atoms with van der Waals surface area (Å²) in [5.74, 6) is 2.28. The van der Waals surface area contributed by atoms with Gasteiger partial charge < -0.3 is 14.5 Å². The summed E-state index contributed by atoms with van der Waals surface area (Å²) in [6.45, 7) is 0. The first-order valence-corrected chi connectivity index (χ1v) is 18.1. The lowest BCUT2D eigenvalue weighted by atomic mass is 10.0. The van der Waals surface area contributed by atoms with Crippen molar-refractivity contribution >= 4 is 45.9 Å². The van der Waals surface area contributed by atoms with Crippen molar-refractivity contribution in [1.29, 1.82) is 0 Å². The molecule has 1 aromatic heterocycles. The maximum atomic E-state index is 6.44. The Morgan fingerprint density at radius 3 is 1.40 bits per heavy atom. The molecule has 0 N–H and O–H groups in total. The summed E-state index contributed by atoms with van der Waals surface area (Å²) in [4.78, 5) is 17.5. The molecule has 0 unspecified atom stereocenters. The van der Waals surface area contributed by atoms with Gasteiger partial charge in [-0.3, -0.25) is 0 Å². The zero-order chi connectivity index (χ0) is 34.4. The van der Waals surface area contributed by atoms with Crippen molar-refractivity contribution in [2.75, 3.05) is 9.80 Å². The van der Waals surface area contributed by atoms with E-state index in [4.69, 9.17) is 14.7 Å². The van der Waals surface area contributed by atoms with Gasteiger partial charge in [-0.1, -0.05) is 121 Å². The molecule has 0 amide bonds. The van der Waals surface area contributed by atoms with Gasteiger partial charge in [0.1, 0.15) is 0 Å². The Hall–Kier alpha value is -6.63. The van der Waals surface area contributed by atoms with Crippen LogP contribution in [0.3, 0.4) is 0 Å². The van der Waals surface area contributed by atoms with Gasteiger partial charge >= 0.3 is 0 Å². The highest BCUT2D eigenvalue weighted by atomic mass is 32.2. The molecular formula is C46H30N4OS. The molecule has 3 heterocycles. The van der Waals surface area contributed by atoms with Gasteiger partial charge in [0, 0.05) is 37.9 Å². The number of hydrogen-bond acceptors (Lipinski definition) is 6. The fourth-order valence-corrected chi connectivity index (χ4v) is 8.09. The molecule has 0 fully saturated rings. The van der Waals surface area contributed by atoms with Gasteiger partial charge in [-0.25, -0.2) is 9.97 Å². The van der Waals surface area contributed by atoms with Crippen LogP contribution in [0, 0.1) is 0 Å². The molecule has 5 nitrogen and oxygen atoms in total. The summed E-state index contributed by atoms with van der Waals surface area (Å²) in [6.07, 6.45) is 0. The summed E-state index contributed by atoms with van der Waals surface area (Å²) in [6, 6.07) is 63.1. The number of anilines is 6. The highest BCUT2D eigenvalue weighted by Gasteiger charge is 2.29. The molecule has 2 aliphatic rings. The zero-order valence-electron chi connectivity index (χ0n) is 27.9. The van der Waals surface area contributed by atoms with Crippen molar-refractivity contribution in [2.24, 2.45) is 0 Å². The SMILES string of the molecule is c1ccc(-c2cc(-c3cc(N4c5ccccc5Oc5ccccc54)cc(N4c5ccccc5Sc5ccccc54)c3)nc(-c3ccccc3)n2)cc1. The Morgan fingerprint density at radius 1 is 0.385 bits per heavy atom. The predicted molar refractivity (Wildman–Crippen MR) is 212 cm³/mol. The van der Waals surface area contributed by atoms with Crippen LogP contribution in [0.1, 0.15) is 0 Å². The fourth-order valence-electron chi connectivity index (χ4n) is 7.04. The number of hydrogen-bond donors (Lipinski definition) is 0. The van der Waals surface area contributed by atoms with Crippen LogP contribution >= 0.6 is 11.8 Å². The van der Waals surface area contributed by atoms with E-state index in [1.807, 2.05) is 48.5 Å². The number of fused-ring (bicyclic) bond motifs is 4. The second-order valence-corrected chi connectivity index (χ2v) is 13.8. The standard InChI is InChI=1S/C46H30N4OS/c1-3-15-31(16-4-1)36-30-37(48-46(47-36)32-17-5-2-6-18-32)33-27-34(49-38-19-7-11-23-42(38)51-43-24-12-8-20-39(43)49)29-35(28-33)50-40-21-9-13-25-44(40)52-45-26-14-10-22-41(45)50/h1-30H. The molecule has 0 saturated heterocycles. The van der Waals surface area contributed by atoms with E-state index in [9.17, 15) is 0 Å². The van der Waals surface area contributed by atoms with Gasteiger partial charge in [0.2, 0.25) is 0 Å². The second kappa shape index (κ2) is 12.6. The maximum absolute atomic E-state index is 6.44. The lowest BCUT2D eigenvalue weighted by molar-refractivity contribution is 0.477. The van der Waals surface area contributed by atoms with Crippen LogP contribution in [-0.4, -0.2) is 9.97 Å². The lowest BCUT2D eigenvalue weighted by Gasteiger charge is -2.36. The third kappa shape index (κ3) is 5.29. The molecule has 2 aliphatic heterocycles. The van der Waals surface area contributed by atoms with Crippen LogP contribution in [-0.2, 0) is 0 Å². The van der Waals surface area contributed by atoms with Crippen LogP contribution in [0.2, 0.25) is 0 Å². The number of ether oxygens (including phenoxy) is 1. The summed E-state index contributed by atoms with van der Waals surface area (Å²) < 4.78 is 6.44. The Morgan fingerprint density at radius 2 is 0.827 bits per heavy atom. The van der Waals surface area contributed by atoms with E-state index in [-0.39, 0.29) is 0 Å². The maximum Gasteiger partial charge on any atom is 0.160 e. The molecule has 0 saturated carbocycles. The van der Waals surface area contributed by atoms with Crippen molar-refractivity contribution in [2.45, 2.75) is 9.79 Å².